The average Bonchev–Trinajstić information content (AvgIpc) is 3.19. The van der Waals surface area contributed by atoms with Gasteiger partial charge in [0.05, 0.1) is 30.4 Å². The fourth-order valence-corrected chi connectivity index (χ4v) is 3.72. The van der Waals surface area contributed by atoms with E-state index in [4.69, 9.17) is 9.57 Å². The quantitative estimate of drug-likeness (QED) is 0.792. The second kappa shape index (κ2) is 6.46. The molecule has 0 aliphatic carbocycles. The first-order valence-electron chi connectivity index (χ1n) is 8.68. The van der Waals surface area contributed by atoms with Crippen LogP contribution in [0.25, 0.3) is 0 Å². The summed E-state index contributed by atoms with van der Waals surface area (Å²) in [4.78, 5) is 33.2. The summed E-state index contributed by atoms with van der Waals surface area (Å²) in [6.07, 6.45) is -0.0827. The van der Waals surface area contributed by atoms with Crippen molar-refractivity contribution in [1.82, 2.24) is 0 Å². The van der Waals surface area contributed by atoms with E-state index in [9.17, 15) is 9.59 Å². The smallest absolute Gasteiger partial charge is 0.266 e. The summed E-state index contributed by atoms with van der Waals surface area (Å²) in [6, 6.07) is 16.3. The summed E-state index contributed by atoms with van der Waals surface area (Å²) < 4.78 is 5.14. The molecule has 2 amide bonds. The topological polar surface area (TPSA) is 59.1 Å². The highest BCUT2D eigenvalue weighted by molar-refractivity contribution is 6.23. The number of hydrogen-bond donors (Lipinski definition) is 0. The van der Waals surface area contributed by atoms with Crippen molar-refractivity contribution in [3.05, 3.63) is 54.6 Å². The van der Waals surface area contributed by atoms with Crippen LogP contribution in [0, 0.1) is 5.92 Å². The lowest BCUT2D eigenvalue weighted by Gasteiger charge is -2.27. The monoisotopic (exact) mass is 352 g/mol. The van der Waals surface area contributed by atoms with Crippen molar-refractivity contribution in [1.29, 1.82) is 0 Å². The maximum absolute atomic E-state index is 13.1. The maximum atomic E-state index is 13.1. The van der Waals surface area contributed by atoms with Crippen LogP contribution in [0.3, 0.4) is 0 Å². The number of anilines is 2. The van der Waals surface area contributed by atoms with Gasteiger partial charge in [-0.1, -0.05) is 25.1 Å². The van der Waals surface area contributed by atoms with E-state index in [1.165, 1.54) is 4.90 Å². The lowest BCUT2D eigenvalue weighted by Crippen LogP contribution is -2.40. The van der Waals surface area contributed by atoms with Crippen LogP contribution < -0.4 is 14.7 Å². The highest BCUT2D eigenvalue weighted by atomic mass is 16.7. The third kappa shape index (κ3) is 2.45. The van der Waals surface area contributed by atoms with Crippen molar-refractivity contribution >= 4 is 23.2 Å². The molecule has 2 fully saturated rings. The molecule has 26 heavy (non-hydrogen) atoms. The van der Waals surface area contributed by atoms with Crippen LogP contribution in [0.15, 0.2) is 54.6 Å². The molecule has 2 saturated heterocycles. The van der Waals surface area contributed by atoms with E-state index in [-0.39, 0.29) is 17.9 Å². The van der Waals surface area contributed by atoms with Gasteiger partial charge in [0.2, 0.25) is 5.91 Å². The van der Waals surface area contributed by atoms with Gasteiger partial charge in [0.25, 0.3) is 5.91 Å². The number of amides is 2. The molecule has 0 spiro atoms. The maximum Gasteiger partial charge on any atom is 0.266 e. The number of fused-ring (bicyclic) bond motifs is 1. The zero-order valence-corrected chi connectivity index (χ0v) is 14.7. The van der Waals surface area contributed by atoms with E-state index in [1.807, 2.05) is 37.3 Å². The number of carbonyl (C=O) groups is 2. The van der Waals surface area contributed by atoms with Crippen LogP contribution in [0.1, 0.15) is 13.3 Å². The van der Waals surface area contributed by atoms with Gasteiger partial charge in [0, 0.05) is 0 Å². The molecule has 6 heteroatoms. The van der Waals surface area contributed by atoms with E-state index in [2.05, 4.69) is 0 Å². The minimum Gasteiger partial charge on any atom is -0.497 e. The minimum atomic E-state index is -0.783. The third-order valence-corrected chi connectivity index (χ3v) is 5.00. The number of benzene rings is 2. The van der Waals surface area contributed by atoms with Gasteiger partial charge in [-0.3, -0.25) is 14.4 Å². The van der Waals surface area contributed by atoms with Crippen molar-refractivity contribution < 1.29 is 19.2 Å². The molecule has 3 atom stereocenters. The molecular weight excluding hydrogens is 332 g/mol. The number of nitrogens with zero attached hydrogens (tertiary/aromatic N) is 2. The first kappa shape index (κ1) is 16.6. The average molecular weight is 352 g/mol. The minimum absolute atomic E-state index is 0.179. The molecule has 0 aromatic heterocycles. The van der Waals surface area contributed by atoms with Gasteiger partial charge in [-0.15, -0.1) is 0 Å². The number of methoxy groups -OCH3 is 1. The zero-order valence-electron chi connectivity index (χ0n) is 14.7. The van der Waals surface area contributed by atoms with E-state index in [0.717, 1.165) is 5.69 Å². The summed E-state index contributed by atoms with van der Waals surface area (Å²) in [5.74, 6) is -0.363. The summed E-state index contributed by atoms with van der Waals surface area (Å²) in [7, 11) is 1.57. The third-order valence-electron chi connectivity index (χ3n) is 5.00. The van der Waals surface area contributed by atoms with Crippen molar-refractivity contribution in [3.8, 4) is 5.75 Å². The Morgan fingerprint density at radius 1 is 0.962 bits per heavy atom. The number of para-hydroxylation sites is 1. The van der Waals surface area contributed by atoms with Crippen molar-refractivity contribution in [2.45, 2.75) is 25.5 Å². The normalized spacial score (nSPS) is 24.9. The zero-order chi connectivity index (χ0) is 18.3. The van der Waals surface area contributed by atoms with Crippen molar-refractivity contribution in [2.24, 2.45) is 5.92 Å². The molecule has 2 aliphatic heterocycles. The lowest BCUT2D eigenvalue weighted by molar-refractivity contribution is -0.126. The highest BCUT2D eigenvalue weighted by Crippen LogP contribution is 2.41. The molecular formula is C20H20N2O4. The predicted octanol–water partition coefficient (Wildman–Crippen LogP) is 2.78. The molecule has 0 saturated carbocycles. The molecule has 4 rings (SSSR count). The number of rotatable bonds is 4. The molecule has 0 N–H and O–H groups in total. The Bertz CT molecular complexity index is 821. The Balaban J connectivity index is 1.64. The summed E-state index contributed by atoms with van der Waals surface area (Å²) in [5, 5.41) is 1.72. The fraction of sp³-hybridized carbons (Fsp3) is 0.300. The van der Waals surface area contributed by atoms with Gasteiger partial charge in [-0.25, -0.2) is 9.96 Å². The summed E-state index contributed by atoms with van der Waals surface area (Å²) >= 11 is 0. The van der Waals surface area contributed by atoms with Crippen LogP contribution >= 0.6 is 0 Å². The van der Waals surface area contributed by atoms with Gasteiger partial charge in [-0.05, 0) is 42.8 Å². The molecule has 0 radical (unpaired) electrons. The standard InChI is InChI=1S/C20H20N2O4/c1-3-16-17-18(26-22(16)14-7-5-4-6-8-14)20(24)21(19(17)23)13-9-11-15(25-2)12-10-13/h4-12,16-18H,3H2,1-2H3/t16-,17+,18-/m0/s1. The Morgan fingerprint density at radius 2 is 1.65 bits per heavy atom. The molecule has 2 heterocycles. The molecule has 6 nitrogen and oxygen atoms in total. The van der Waals surface area contributed by atoms with E-state index >= 15 is 0 Å². The van der Waals surface area contributed by atoms with Gasteiger partial charge < -0.3 is 4.74 Å². The molecule has 0 bridgehead atoms. The van der Waals surface area contributed by atoms with Gasteiger partial charge in [0.1, 0.15) is 5.75 Å². The second-order valence-electron chi connectivity index (χ2n) is 6.40. The molecule has 2 aromatic carbocycles. The Kier molecular flexibility index (Phi) is 4.12. The number of hydrogen-bond acceptors (Lipinski definition) is 5. The number of hydroxylamine groups is 1. The van der Waals surface area contributed by atoms with Crippen LogP contribution in [-0.4, -0.2) is 31.1 Å². The number of ether oxygens (including phenoxy) is 1. The Morgan fingerprint density at radius 3 is 2.27 bits per heavy atom. The van der Waals surface area contributed by atoms with Crippen LogP contribution in [0.5, 0.6) is 5.75 Å². The van der Waals surface area contributed by atoms with Gasteiger partial charge >= 0.3 is 0 Å². The first-order valence-corrected chi connectivity index (χ1v) is 8.68. The van der Waals surface area contributed by atoms with Gasteiger partial charge in [-0.2, -0.15) is 0 Å². The van der Waals surface area contributed by atoms with E-state index in [0.29, 0.717) is 17.9 Å². The predicted molar refractivity (Wildman–Crippen MR) is 96.9 cm³/mol. The first-order chi connectivity index (χ1) is 12.7. The molecule has 2 aliphatic rings. The van der Waals surface area contributed by atoms with Crippen LogP contribution in [0.4, 0.5) is 11.4 Å². The lowest BCUT2D eigenvalue weighted by atomic mass is 9.94. The van der Waals surface area contributed by atoms with Gasteiger partial charge in [0.15, 0.2) is 6.10 Å². The largest absolute Gasteiger partial charge is 0.497 e. The summed E-state index contributed by atoms with van der Waals surface area (Å²) in [5.41, 5.74) is 1.39. The molecule has 134 valence electrons. The van der Waals surface area contributed by atoms with Crippen molar-refractivity contribution in [3.63, 3.8) is 0 Å². The van der Waals surface area contributed by atoms with Crippen molar-refractivity contribution in [2.75, 3.05) is 17.1 Å². The number of carbonyl (C=O) groups excluding carboxylic acids is 2. The van der Waals surface area contributed by atoms with Crippen LogP contribution in [-0.2, 0) is 14.4 Å². The Hall–Kier alpha value is -2.86. The Labute approximate surface area is 151 Å². The van der Waals surface area contributed by atoms with E-state index in [1.54, 1.807) is 36.4 Å². The molecule has 0 unspecified atom stereocenters. The SMILES string of the molecule is CC[C@H]1[C@H]2C(=O)N(c3ccc(OC)cc3)C(=O)[C@H]2ON1c1ccccc1. The van der Waals surface area contributed by atoms with E-state index < -0.39 is 12.0 Å². The molecule has 2 aromatic rings. The number of imide groups is 1. The van der Waals surface area contributed by atoms with Crippen LogP contribution in [0.2, 0.25) is 0 Å². The highest BCUT2D eigenvalue weighted by Gasteiger charge is 2.59. The summed E-state index contributed by atoms with van der Waals surface area (Å²) in [6.45, 7) is 2.00. The fourth-order valence-electron chi connectivity index (χ4n) is 3.72. The second-order valence-corrected chi connectivity index (χ2v) is 6.40.